The third-order valence-electron chi connectivity index (χ3n) is 2.44. The summed E-state index contributed by atoms with van der Waals surface area (Å²) >= 11 is 4.77. The Balaban J connectivity index is 2.41. The van der Waals surface area contributed by atoms with Gasteiger partial charge in [-0.05, 0) is 31.5 Å². The highest BCUT2D eigenvalue weighted by Crippen LogP contribution is 2.21. The zero-order valence-electron chi connectivity index (χ0n) is 7.79. The summed E-state index contributed by atoms with van der Waals surface area (Å²) in [7, 11) is -0.712. The molecular formula is C8H16N2OS2. The Labute approximate surface area is 86.9 Å². The molecule has 0 aliphatic heterocycles. The number of thiocarbonyl (C=S) groups is 1. The van der Waals surface area contributed by atoms with Gasteiger partial charge in [0, 0.05) is 28.3 Å². The van der Waals surface area contributed by atoms with Gasteiger partial charge in [-0.2, -0.15) is 0 Å². The topological polar surface area (TPSA) is 55.1 Å². The van der Waals surface area contributed by atoms with Crippen LogP contribution in [-0.2, 0) is 10.8 Å². The molecule has 1 aliphatic rings. The molecular weight excluding hydrogens is 204 g/mol. The quantitative estimate of drug-likeness (QED) is 0.666. The van der Waals surface area contributed by atoms with E-state index in [1.807, 2.05) is 0 Å². The van der Waals surface area contributed by atoms with E-state index in [2.05, 4.69) is 5.32 Å². The highest BCUT2D eigenvalue weighted by molar-refractivity contribution is 7.84. The number of nitrogens with two attached hydrogens (primary N) is 1. The summed E-state index contributed by atoms with van der Waals surface area (Å²) in [6, 6.07) is 0.333. The number of hydrogen-bond acceptors (Lipinski definition) is 2. The minimum atomic E-state index is -0.712. The van der Waals surface area contributed by atoms with Gasteiger partial charge in [0.2, 0.25) is 0 Å². The first-order valence-corrected chi connectivity index (χ1v) is 6.50. The largest absolute Gasteiger partial charge is 0.376 e. The van der Waals surface area contributed by atoms with E-state index in [4.69, 9.17) is 18.0 Å². The normalized spacial score (nSPS) is 30.8. The summed E-state index contributed by atoms with van der Waals surface area (Å²) in [6.45, 7) is 0. The predicted octanol–water partition coefficient (Wildman–Crippen LogP) is 0.509. The first-order chi connectivity index (χ1) is 6.09. The van der Waals surface area contributed by atoms with Gasteiger partial charge in [0.15, 0.2) is 5.11 Å². The SMILES string of the molecule is CS(=O)C1CCCC(NC(N)=S)C1. The molecule has 1 aliphatic carbocycles. The molecule has 0 spiro atoms. The van der Waals surface area contributed by atoms with Crippen LogP contribution < -0.4 is 11.1 Å². The third kappa shape index (κ3) is 3.60. The Bertz CT molecular complexity index is 220. The molecule has 3 nitrogen and oxygen atoms in total. The van der Waals surface area contributed by atoms with Crippen LogP contribution in [0.4, 0.5) is 0 Å². The van der Waals surface area contributed by atoms with Gasteiger partial charge in [-0.25, -0.2) is 0 Å². The van der Waals surface area contributed by atoms with Gasteiger partial charge in [-0.15, -0.1) is 0 Å². The van der Waals surface area contributed by atoms with Crippen LogP contribution >= 0.6 is 12.2 Å². The molecule has 3 N–H and O–H groups in total. The van der Waals surface area contributed by atoms with Gasteiger partial charge < -0.3 is 11.1 Å². The van der Waals surface area contributed by atoms with Crippen LogP contribution in [0.2, 0.25) is 0 Å². The average Bonchev–Trinajstić information content (AvgIpc) is 2.03. The molecule has 76 valence electrons. The smallest absolute Gasteiger partial charge is 0.163 e. The van der Waals surface area contributed by atoms with Crippen molar-refractivity contribution in [3.8, 4) is 0 Å². The minimum absolute atomic E-state index is 0.320. The van der Waals surface area contributed by atoms with Crippen LogP contribution in [0.25, 0.3) is 0 Å². The molecule has 0 bridgehead atoms. The van der Waals surface area contributed by atoms with Crippen molar-refractivity contribution in [2.24, 2.45) is 5.73 Å². The zero-order valence-corrected chi connectivity index (χ0v) is 9.42. The van der Waals surface area contributed by atoms with Crippen LogP contribution in [0.5, 0.6) is 0 Å². The number of hydrogen-bond donors (Lipinski definition) is 2. The van der Waals surface area contributed by atoms with Crippen LogP contribution in [-0.4, -0.2) is 26.9 Å². The fourth-order valence-electron chi connectivity index (χ4n) is 1.78. The maximum absolute atomic E-state index is 11.2. The molecule has 0 radical (unpaired) electrons. The van der Waals surface area contributed by atoms with E-state index in [-0.39, 0.29) is 0 Å². The first-order valence-electron chi connectivity index (χ1n) is 4.48. The maximum Gasteiger partial charge on any atom is 0.163 e. The molecule has 0 saturated heterocycles. The van der Waals surface area contributed by atoms with Gasteiger partial charge in [0.1, 0.15) is 0 Å². The van der Waals surface area contributed by atoms with Crippen LogP contribution in [0.15, 0.2) is 0 Å². The van der Waals surface area contributed by atoms with E-state index in [0.29, 0.717) is 16.4 Å². The summed E-state index contributed by atoms with van der Waals surface area (Å²) in [5.41, 5.74) is 5.39. The molecule has 1 saturated carbocycles. The molecule has 1 fully saturated rings. The van der Waals surface area contributed by atoms with Crippen molar-refractivity contribution in [3.63, 3.8) is 0 Å². The maximum atomic E-state index is 11.2. The fraction of sp³-hybridized carbons (Fsp3) is 0.875. The van der Waals surface area contributed by atoms with Gasteiger partial charge >= 0.3 is 0 Å². The zero-order chi connectivity index (χ0) is 9.84. The fourth-order valence-corrected chi connectivity index (χ4v) is 2.95. The predicted molar refractivity (Wildman–Crippen MR) is 60.0 cm³/mol. The summed E-state index contributed by atoms with van der Waals surface area (Å²) < 4.78 is 11.2. The Hall–Kier alpha value is -0.160. The van der Waals surface area contributed by atoms with Gasteiger partial charge in [-0.1, -0.05) is 6.42 Å². The molecule has 0 aromatic heterocycles. The van der Waals surface area contributed by atoms with E-state index < -0.39 is 10.8 Å². The molecule has 3 atom stereocenters. The standard InChI is InChI=1S/C8H16N2OS2/c1-13(11)7-4-2-3-6(5-7)10-8(9)12/h6-7H,2-5H2,1H3,(H3,9,10,12). The van der Waals surface area contributed by atoms with E-state index in [9.17, 15) is 4.21 Å². The van der Waals surface area contributed by atoms with Crippen LogP contribution in [0.3, 0.4) is 0 Å². The van der Waals surface area contributed by atoms with Crippen LogP contribution in [0.1, 0.15) is 25.7 Å². The minimum Gasteiger partial charge on any atom is -0.376 e. The summed E-state index contributed by atoms with van der Waals surface area (Å²) in [5.74, 6) is 0. The Kier molecular flexibility index (Phi) is 4.12. The molecule has 0 aromatic carbocycles. The molecule has 3 unspecified atom stereocenters. The van der Waals surface area contributed by atoms with Crippen molar-refractivity contribution in [1.82, 2.24) is 5.32 Å². The summed E-state index contributed by atoms with van der Waals surface area (Å²) in [4.78, 5) is 0. The second kappa shape index (κ2) is 4.91. The summed E-state index contributed by atoms with van der Waals surface area (Å²) in [6.07, 6.45) is 5.97. The van der Waals surface area contributed by atoms with Crippen molar-refractivity contribution in [3.05, 3.63) is 0 Å². The highest BCUT2D eigenvalue weighted by atomic mass is 32.2. The second-order valence-corrected chi connectivity index (χ2v) is 5.60. The molecule has 0 heterocycles. The van der Waals surface area contributed by atoms with Crippen molar-refractivity contribution < 1.29 is 4.21 Å². The lowest BCUT2D eigenvalue weighted by Gasteiger charge is -2.28. The second-order valence-electron chi connectivity index (χ2n) is 3.49. The number of nitrogens with one attached hydrogen (secondary N) is 1. The molecule has 13 heavy (non-hydrogen) atoms. The van der Waals surface area contributed by atoms with Gasteiger partial charge in [0.05, 0.1) is 0 Å². The van der Waals surface area contributed by atoms with Crippen molar-refractivity contribution >= 4 is 28.1 Å². The lowest BCUT2D eigenvalue weighted by molar-refractivity contribution is 0.418. The average molecular weight is 220 g/mol. The lowest BCUT2D eigenvalue weighted by atomic mass is 9.95. The van der Waals surface area contributed by atoms with E-state index >= 15 is 0 Å². The lowest BCUT2D eigenvalue weighted by Crippen LogP contribution is -2.43. The van der Waals surface area contributed by atoms with Gasteiger partial charge in [-0.3, -0.25) is 4.21 Å². The Morgan fingerprint density at radius 2 is 2.31 bits per heavy atom. The van der Waals surface area contributed by atoms with Gasteiger partial charge in [0.25, 0.3) is 0 Å². The van der Waals surface area contributed by atoms with E-state index in [1.165, 1.54) is 0 Å². The van der Waals surface area contributed by atoms with Crippen LogP contribution in [0, 0.1) is 0 Å². The van der Waals surface area contributed by atoms with Crippen molar-refractivity contribution in [1.29, 1.82) is 0 Å². The number of rotatable bonds is 2. The Morgan fingerprint density at radius 1 is 1.62 bits per heavy atom. The monoisotopic (exact) mass is 220 g/mol. The molecule has 1 rings (SSSR count). The van der Waals surface area contributed by atoms with Crippen molar-refractivity contribution in [2.45, 2.75) is 37.0 Å². The first kappa shape index (κ1) is 10.9. The van der Waals surface area contributed by atoms with E-state index in [0.717, 1.165) is 25.7 Å². The van der Waals surface area contributed by atoms with E-state index in [1.54, 1.807) is 6.26 Å². The highest BCUT2D eigenvalue weighted by Gasteiger charge is 2.24. The summed E-state index contributed by atoms with van der Waals surface area (Å²) in [5, 5.41) is 3.72. The molecule has 5 heteroatoms. The third-order valence-corrected chi connectivity index (χ3v) is 3.93. The Morgan fingerprint density at radius 3 is 2.85 bits per heavy atom. The molecule has 0 amide bonds. The molecule has 0 aromatic rings. The van der Waals surface area contributed by atoms with Crippen molar-refractivity contribution in [2.75, 3.05) is 6.26 Å².